The predicted molar refractivity (Wildman–Crippen MR) is 62.4 cm³/mol. The van der Waals surface area contributed by atoms with Crippen molar-refractivity contribution in [2.45, 2.75) is 11.6 Å². The summed E-state index contributed by atoms with van der Waals surface area (Å²) >= 11 is 3.75. The number of carbonyl (C=O) groups is 1. The van der Waals surface area contributed by atoms with Gasteiger partial charge in [-0.1, -0.05) is 24.3 Å². The first kappa shape index (κ1) is 14.8. The molecule has 0 saturated heterocycles. The van der Waals surface area contributed by atoms with Crippen molar-refractivity contribution >= 4 is 18.4 Å². The molecule has 4 atom stereocenters. The first-order valence-corrected chi connectivity index (χ1v) is 5.59. The standard InChI is InChI=1S/C11H11F3N2OS/c12-11(13,14)8-4-2-1-3-6(8)9(17)7(5-15)10(16)18/h1-4,6-8,10,18H,16H2. The number of carbonyl (C=O) groups excluding carboxylic acids is 1. The highest BCUT2D eigenvalue weighted by Crippen LogP contribution is 2.37. The van der Waals surface area contributed by atoms with Gasteiger partial charge in [-0.15, -0.1) is 0 Å². The molecule has 0 spiro atoms. The fourth-order valence-electron chi connectivity index (χ4n) is 1.71. The second-order valence-electron chi connectivity index (χ2n) is 3.86. The molecule has 7 heteroatoms. The summed E-state index contributed by atoms with van der Waals surface area (Å²) in [4.78, 5) is 11.9. The second kappa shape index (κ2) is 5.59. The number of thiol groups is 1. The third-order valence-electron chi connectivity index (χ3n) is 2.63. The second-order valence-corrected chi connectivity index (χ2v) is 4.46. The van der Waals surface area contributed by atoms with Gasteiger partial charge in [0, 0.05) is 0 Å². The Morgan fingerprint density at radius 2 is 1.94 bits per heavy atom. The SMILES string of the molecule is N#CC(C(=O)C1C=CC=CC1C(F)(F)F)C(N)S. The van der Waals surface area contributed by atoms with Crippen molar-refractivity contribution in [2.24, 2.45) is 23.5 Å². The van der Waals surface area contributed by atoms with Gasteiger partial charge in [0.05, 0.1) is 23.3 Å². The van der Waals surface area contributed by atoms with Crippen molar-refractivity contribution in [3.05, 3.63) is 24.3 Å². The van der Waals surface area contributed by atoms with Crippen LogP contribution < -0.4 is 5.73 Å². The van der Waals surface area contributed by atoms with Crippen LogP contribution in [0.15, 0.2) is 24.3 Å². The topological polar surface area (TPSA) is 66.9 Å². The van der Waals surface area contributed by atoms with E-state index in [1.165, 1.54) is 12.2 Å². The van der Waals surface area contributed by atoms with Gasteiger partial charge in [-0.25, -0.2) is 0 Å². The molecule has 0 aliphatic heterocycles. The number of nitrogens with two attached hydrogens (primary N) is 1. The van der Waals surface area contributed by atoms with E-state index in [2.05, 4.69) is 12.6 Å². The van der Waals surface area contributed by atoms with Crippen LogP contribution in [-0.4, -0.2) is 17.3 Å². The number of alkyl halides is 3. The Balaban J connectivity index is 3.00. The van der Waals surface area contributed by atoms with Gasteiger partial charge in [-0.2, -0.15) is 31.1 Å². The number of Topliss-reactive ketones (excluding diaryl/α,β-unsaturated/α-hetero) is 1. The minimum Gasteiger partial charge on any atom is -0.318 e. The molecule has 0 saturated carbocycles. The Kier molecular flexibility index (Phi) is 4.59. The molecule has 0 fully saturated rings. The molecule has 0 amide bonds. The molecule has 1 aliphatic carbocycles. The van der Waals surface area contributed by atoms with Crippen LogP contribution in [0.1, 0.15) is 0 Å². The Labute approximate surface area is 108 Å². The molecule has 3 nitrogen and oxygen atoms in total. The van der Waals surface area contributed by atoms with Crippen LogP contribution in [0.5, 0.6) is 0 Å². The van der Waals surface area contributed by atoms with Crippen LogP contribution in [-0.2, 0) is 4.79 Å². The van der Waals surface area contributed by atoms with E-state index in [0.29, 0.717) is 0 Å². The van der Waals surface area contributed by atoms with Crippen LogP contribution >= 0.6 is 12.6 Å². The quantitative estimate of drug-likeness (QED) is 0.610. The lowest BCUT2D eigenvalue weighted by Gasteiger charge is -2.27. The molecule has 0 heterocycles. The molecule has 18 heavy (non-hydrogen) atoms. The number of halogens is 3. The first-order valence-electron chi connectivity index (χ1n) is 5.07. The van der Waals surface area contributed by atoms with E-state index in [1.807, 2.05) is 0 Å². The molecule has 98 valence electrons. The summed E-state index contributed by atoms with van der Waals surface area (Å²) in [5, 5.41) is 7.66. The normalized spacial score (nSPS) is 26.4. The van der Waals surface area contributed by atoms with Crippen LogP contribution in [0.25, 0.3) is 0 Å². The molecule has 2 N–H and O–H groups in total. The molecule has 0 bridgehead atoms. The monoisotopic (exact) mass is 276 g/mol. The smallest absolute Gasteiger partial charge is 0.318 e. The Bertz CT molecular complexity index is 423. The third-order valence-corrected chi connectivity index (χ3v) is 2.93. The van der Waals surface area contributed by atoms with Crippen molar-refractivity contribution < 1.29 is 18.0 Å². The lowest BCUT2D eigenvalue weighted by atomic mass is 9.80. The summed E-state index contributed by atoms with van der Waals surface area (Å²) in [6.07, 6.45) is 0.0809. The third kappa shape index (κ3) is 3.15. The maximum atomic E-state index is 12.7. The number of hydrogen-bond acceptors (Lipinski definition) is 4. The lowest BCUT2D eigenvalue weighted by molar-refractivity contribution is -0.174. The number of rotatable bonds is 3. The van der Waals surface area contributed by atoms with Crippen molar-refractivity contribution in [1.29, 1.82) is 5.26 Å². The van der Waals surface area contributed by atoms with E-state index in [0.717, 1.165) is 12.2 Å². The minimum absolute atomic E-state index is 0.858. The zero-order valence-electron chi connectivity index (χ0n) is 9.13. The lowest BCUT2D eigenvalue weighted by Crippen LogP contribution is -2.40. The number of ketones is 1. The average molecular weight is 276 g/mol. The Morgan fingerprint density at radius 1 is 1.39 bits per heavy atom. The molecule has 4 unspecified atom stereocenters. The van der Waals surface area contributed by atoms with E-state index in [-0.39, 0.29) is 0 Å². The minimum atomic E-state index is -4.54. The highest BCUT2D eigenvalue weighted by Gasteiger charge is 2.47. The number of hydrogen-bond donors (Lipinski definition) is 2. The van der Waals surface area contributed by atoms with Crippen molar-refractivity contribution in [3.8, 4) is 6.07 Å². The van der Waals surface area contributed by atoms with Gasteiger partial charge < -0.3 is 5.73 Å². The zero-order valence-corrected chi connectivity index (χ0v) is 10.0. The number of allylic oxidation sites excluding steroid dienone is 4. The summed E-state index contributed by atoms with van der Waals surface area (Å²) in [7, 11) is 0. The van der Waals surface area contributed by atoms with Gasteiger partial charge in [0.25, 0.3) is 0 Å². The number of nitriles is 1. The highest BCUT2D eigenvalue weighted by molar-refractivity contribution is 7.80. The van der Waals surface area contributed by atoms with E-state index >= 15 is 0 Å². The Morgan fingerprint density at radius 3 is 2.39 bits per heavy atom. The summed E-state index contributed by atoms with van der Waals surface area (Å²) < 4.78 is 38.2. The molecule has 0 aromatic carbocycles. The van der Waals surface area contributed by atoms with Gasteiger partial charge in [-0.3, -0.25) is 4.79 Å². The summed E-state index contributed by atoms with van der Waals surface area (Å²) in [5.41, 5.74) is 5.31. The van der Waals surface area contributed by atoms with Crippen LogP contribution in [0.2, 0.25) is 0 Å². The van der Waals surface area contributed by atoms with Crippen LogP contribution in [0.4, 0.5) is 13.2 Å². The zero-order chi connectivity index (χ0) is 13.9. The van der Waals surface area contributed by atoms with E-state index in [9.17, 15) is 18.0 Å². The summed E-state index contributed by atoms with van der Waals surface area (Å²) in [5.74, 6) is -5.56. The largest absolute Gasteiger partial charge is 0.396 e. The van der Waals surface area contributed by atoms with Gasteiger partial charge >= 0.3 is 6.18 Å². The fraction of sp³-hybridized carbons (Fsp3) is 0.455. The van der Waals surface area contributed by atoms with Gasteiger partial charge in [0.2, 0.25) is 0 Å². The molecule has 1 rings (SSSR count). The molecular formula is C11H11F3N2OS. The van der Waals surface area contributed by atoms with E-state index < -0.39 is 35.1 Å². The van der Waals surface area contributed by atoms with Crippen LogP contribution in [0.3, 0.4) is 0 Å². The first-order chi connectivity index (χ1) is 8.29. The molecule has 0 radical (unpaired) electrons. The van der Waals surface area contributed by atoms with Crippen molar-refractivity contribution in [2.75, 3.05) is 0 Å². The van der Waals surface area contributed by atoms with Crippen LogP contribution in [0, 0.1) is 29.1 Å². The Hall–Kier alpha value is -1.26. The van der Waals surface area contributed by atoms with Crippen molar-refractivity contribution in [3.63, 3.8) is 0 Å². The molecule has 0 aromatic heterocycles. The highest BCUT2D eigenvalue weighted by atomic mass is 32.1. The predicted octanol–water partition coefficient (Wildman–Crippen LogP) is 1.83. The number of nitrogens with zero attached hydrogens (tertiary/aromatic N) is 1. The molecule has 0 aromatic rings. The maximum absolute atomic E-state index is 12.7. The average Bonchev–Trinajstić information content (AvgIpc) is 2.28. The van der Waals surface area contributed by atoms with Gasteiger partial charge in [-0.05, 0) is 0 Å². The maximum Gasteiger partial charge on any atom is 0.396 e. The fourth-order valence-corrected chi connectivity index (χ4v) is 1.92. The summed E-state index contributed by atoms with van der Waals surface area (Å²) in [6, 6.07) is 1.59. The van der Waals surface area contributed by atoms with E-state index in [1.54, 1.807) is 6.07 Å². The molecule has 1 aliphatic rings. The van der Waals surface area contributed by atoms with Gasteiger partial charge in [0.1, 0.15) is 5.92 Å². The van der Waals surface area contributed by atoms with Crippen molar-refractivity contribution in [1.82, 2.24) is 0 Å². The van der Waals surface area contributed by atoms with E-state index in [4.69, 9.17) is 11.0 Å². The summed E-state index contributed by atoms with van der Waals surface area (Å²) in [6.45, 7) is 0. The molecular weight excluding hydrogens is 265 g/mol. The van der Waals surface area contributed by atoms with Gasteiger partial charge in [0.15, 0.2) is 5.78 Å².